The predicted octanol–water partition coefficient (Wildman–Crippen LogP) is 3.47. The van der Waals surface area contributed by atoms with E-state index < -0.39 is 23.5 Å². The van der Waals surface area contributed by atoms with Gasteiger partial charge in [-0.1, -0.05) is 11.6 Å². The van der Waals surface area contributed by atoms with Gasteiger partial charge in [-0.2, -0.15) is 0 Å². The Bertz CT molecular complexity index is 1110. The number of furan rings is 2. The number of hydrogen-bond donors (Lipinski definition) is 1. The molecular weight excluding hydrogens is 372 g/mol. The zero-order valence-corrected chi connectivity index (χ0v) is 16.5. The number of rotatable bonds is 6. The number of Topliss-reactive ketones (excluding diaryl/α,β-unsaturated/α-hetero) is 1. The van der Waals surface area contributed by atoms with Crippen LogP contribution in [0.25, 0.3) is 11.0 Å². The van der Waals surface area contributed by atoms with E-state index in [0.29, 0.717) is 24.4 Å². The van der Waals surface area contributed by atoms with Crippen LogP contribution in [-0.2, 0) is 4.79 Å². The zero-order valence-electron chi connectivity index (χ0n) is 16.5. The third-order valence-corrected chi connectivity index (χ3v) is 5.04. The molecule has 0 saturated carbocycles. The van der Waals surface area contributed by atoms with Crippen LogP contribution in [0.1, 0.15) is 27.9 Å². The highest BCUT2D eigenvalue weighted by atomic mass is 16.3. The van der Waals surface area contributed by atoms with Gasteiger partial charge in [0.1, 0.15) is 17.4 Å². The van der Waals surface area contributed by atoms with Gasteiger partial charge in [0.25, 0.3) is 5.91 Å². The molecule has 0 spiro atoms. The lowest BCUT2D eigenvalue weighted by Crippen LogP contribution is -2.36. The maximum absolute atomic E-state index is 13.3. The van der Waals surface area contributed by atoms with Gasteiger partial charge >= 0.3 is 0 Å². The van der Waals surface area contributed by atoms with Gasteiger partial charge in [-0.05, 0) is 51.4 Å². The van der Waals surface area contributed by atoms with E-state index in [9.17, 15) is 14.7 Å². The molecule has 7 nitrogen and oxygen atoms in total. The van der Waals surface area contributed by atoms with Crippen LogP contribution in [0.15, 0.2) is 62.8 Å². The molecule has 0 radical (unpaired) electrons. The molecule has 1 aromatic carbocycles. The first-order chi connectivity index (χ1) is 13.9. The van der Waals surface area contributed by atoms with Crippen molar-refractivity contribution in [3.05, 3.63) is 71.1 Å². The van der Waals surface area contributed by atoms with Crippen LogP contribution in [0, 0.1) is 6.92 Å². The summed E-state index contributed by atoms with van der Waals surface area (Å²) in [7, 11) is 3.77. The van der Waals surface area contributed by atoms with Crippen LogP contribution in [0.4, 0.5) is 0 Å². The molecule has 1 aliphatic heterocycles. The van der Waals surface area contributed by atoms with E-state index in [1.54, 1.807) is 24.3 Å². The summed E-state index contributed by atoms with van der Waals surface area (Å²) in [5.74, 6) is -1.20. The molecule has 0 saturated heterocycles. The van der Waals surface area contributed by atoms with Gasteiger partial charge in [0.05, 0.1) is 11.8 Å². The van der Waals surface area contributed by atoms with Gasteiger partial charge in [-0.3, -0.25) is 9.59 Å². The maximum atomic E-state index is 13.3. The molecule has 2 aromatic heterocycles. The van der Waals surface area contributed by atoms with E-state index in [0.717, 1.165) is 10.9 Å². The fraction of sp³-hybridized carbons (Fsp3) is 0.273. The van der Waals surface area contributed by atoms with Crippen LogP contribution >= 0.6 is 0 Å². The molecule has 3 heterocycles. The number of aryl methyl sites for hydroxylation is 1. The summed E-state index contributed by atoms with van der Waals surface area (Å²) in [6, 6.07) is 9.81. The number of carbonyl (C=O) groups excluding carboxylic acids is 2. The number of hydrogen-bond acceptors (Lipinski definition) is 6. The van der Waals surface area contributed by atoms with Crippen LogP contribution < -0.4 is 0 Å². The zero-order chi connectivity index (χ0) is 20.7. The Hall–Kier alpha value is -3.32. The van der Waals surface area contributed by atoms with Gasteiger partial charge in [0, 0.05) is 18.5 Å². The fourth-order valence-electron chi connectivity index (χ4n) is 3.57. The van der Waals surface area contributed by atoms with Crippen molar-refractivity contribution >= 4 is 22.7 Å². The summed E-state index contributed by atoms with van der Waals surface area (Å²) < 4.78 is 11.2. The van der Waals surface area contributed by atoms with Crippen molar-refractivity contribution in [2.45, 2.75) is 13.0 Å². The van der Waals surface area contributed by atoms with E-state index in [2.05, 4.69) is 0 Å². The lowest BCUT2D eigenvalue weighted by Gasteiger charge is -2.26. The van der Waals surface area contributed by atoms with E-state index in [-0.39, 0.29) is 11.3 Å². The summed E-state index contributed by atoms with van der Waals surface area (Å²) in [4.78, 5) is 29.4. The molecule has 0 aliphatic carbocycles. The lowest BCUT2D eigenvalue weighted by atomic mass is 9.99. The number of amides is 1. The molecule has 1 aliphatic rings. The largest absolute Gasteiger partial charge is 0.503 e. The maximum Gasteiger partial charge on any atom is 0.290 e. The van der Waals surface area contributed by atoms with E-state index in [4.69, 9.17) is 8.83 Å². The standard InChI is InChI=1S/C22H22N2O5/c1-13-6-7-15-14(11-13)12-17(29-15)20(25)18-19(16-5-4-10-28-16)24(9-8-23(2)3)22(27)21(18)26/h4-7,10-12,19,26H,8-9H2,1-3H3. The summed E-state index contributed by atoms with van der Waals surface area (Å²) >= 11 is 0. The average Bonchev–Trinajstić information content (AvgIpc) is 3.39. The lowest BCUT2D eigenvalue weighted by molar-refractivity contribution is -0.129. The topological polar surface area (TPSA) is 87.1 Å². The molecule has 1 N–H and O–H groups in total. The predicted molar refractivity (Wildman–Crippen MR) is 107 cm³/mol. The van der Waals surface area contributed by atoms with Crippen molar-refractivity contribution in [3.8, 4) is 0 Å². The summed E-state index contributed by atoms with van der Waals surface area (Å²) in [5.41, 5.74) is 1.58. The Kier molecular flexibility index (Phi) is 4.76. The van der Waals surface area contributed by atoms with Crippen molar-refractivity contribution in [3.63, 3.8) is 0 Å². The van der Waals surface area contributed by atoms with Crippen LogP contribution in [0.2, 0.25) is 0 Å². The first kappa shape index (κ1) is 19.0. The highest BCUT2D eigenvalue weighted by molar-refractivity contribution is 6.15. The minimum atomic E-state index is -0.806. The second-order valence-electron chi connectivity index (χ2n) is 7.46. The number of ketones is 1. The first-order valence-electron chi connectivity index (χ1n) is 9.34. The highest BCUT2D eigenvalue weighted by Crippen LogP contribution is 2.39. The molecule has 1 atom stereocenters. The minimum absolute atomic E-state index is 0.0283. The molecule has 1 unspecified atom stereocenters. The Morgan fingerprint density at radius 1 is 1.24 bits per heavy atom. The van der Waals surface area contributed by atoms with Crippen molar-refractivity contribution in [1.29, 1.82) is 0 Å². The van der Waals surface area contributed by atoms with Crippen molar-refractivity contribution in [2.24, 2.45) is 0 Å². The van der Waals surface area contributed by atoms with Crippen LogP contribution in [0.5, 0.6) is 0 Å². The van der Waals surface area contributed by atoms with E-state index >= 15 is 0 Å². The smallest absolute Gasteiger partial charge is 0.290 e. The summed E-state index contributed by atoms with van der Waals surface area (Å²) in [6.45, 7) is 2.85. The van der Waals surface area contributed by atoms with Crippen molar-refractivity contribution in [2.75, 3.05) is 27.2 Å². The number of aliphatic hydroxyl groups excluding tert-OH is 1. The van der Waals surface area contributed by atoms with Crippen molar-refractivity contribution < 1.29 is 23.5 Å². The number of nitrogens with zero attached hydrogens (tertiary/aromatic N) is 2. The monoisotopic (exact) mass is 394 g/mol. The van der Waals surface area contributed by atoms with E-state index in [1.165, 1.54) is 11.2 Å². The Balaban J connectivity index is 1.76. The molecule has 150 valence electrons. The Labute approximate surface area is 167 Å². The number of aliphatic hydroxyl groups is 1. The number of likely N-dealkylation sites (N-methyl/N-ethyl adjacent to an activating group) is 1. The average molecular weight is 394 g/mol. The normalized spacial score (nSPS) is 17.2. The van der Waals surface area contributed by atoms with Gasteiger partial charge in [0.2, 0.25) is 5.78 Å². The second-order valence-corrected chi connectivity index (χ2v) is 7.46. The summed E-state index contributed by atoms with van der Waals surface area (Å²) in [6.07, 6.45) is 1.48. The molecular formula is C22H22N2O5. The van der Waals surface area contributed by atoms with Gasteiger partial charge in [-0.15, -0.1) is 0 Å². The third-order valence-electron chi connectivity index (χ3n) is 5.04. The number of carbonyl (C=O) groups is 2. The minimum Gasteiger partial charge on any atom is -0.503 e. The van der Waals surface area contributed by atoms with Gasteiger partial charge in [0.15, 0.2) is 11.5 Å². The van der Waals surface area contributed by atoms with Gasteiger partial charge < -0.3 is 23.7 Å². The van der Waals surface area contributed by atoms with Crippen LogP contribution in [0.3, 0.4) is 0 Å². The molecule has 29 heavy (non-hydrogen) atoms. The number of fused-ring (bicyclic) bond motifs is 1. The molecule has 3 aromatic rings. The van der Waals surface area contributed by atoms with E-state index in [1.807, 2.05) is 38.1 Å². The Morgan fingerprint density at radius 3 is 2.72 bits per heavy atom. The first-order valence-corrected chi connectivity index (χ1v) is 9.34. The molecule has 1 amide bonds. The van der Waals surface area contributed by atoms with Crippen molar-refractivity contribution in [1.82, 2.24) is 9.80 Å². The molecule has 4 rings (SSSR count). The quantitative estimate of drug-likeness (QED) is 0.644. The second kappa shape index (κ2) is 7.25. The highest BCUT2D eigenvalue weighted by Gasteiger charge is 2.45. The SMILES string of the molecule is Cc1ccc2oc(C(=O)C3=C(O)C(=O)N(CCN(C)C)C3c3ccco3)cc2c1. The molecule has 0 bridgehead atoms. The number of benzene rings is 1. The third kappa shape index (κ3) is 3.34. The Morgan fingerprint density at radius 2 is 2.03 bits per heavy atom. The fourth-order valence-corrected chi connectivity index (χ4v) is 3.57. The van der Waals surface area contributed by atoms with Gasteiger partial charge in [-0.25, -0.2) is 0 Å². The molecule has 7 heteroatoms. The molecule has 0 fully saturated rings. The summed E-state index contributed by atoms with van der Waals surface area (Å²) in [5, 5.41) is 11.4. The van der Waals surface area contributed by atoms with Crippen LogP contribution in [-0.4, -0.2) is 53.8 Å².